The molecule has 1 amide bonds. The molecule has 0 aromatic heterocycles. The molecular weight excluding hydrogens is 334 g/mol. The van der Waals surface area contributed by atoms with E-state index in [1.807, 2.05) is 0 Å². The molecule has 3 atom stereocenters. The highest BCUT2D eigenvalue weighted by atomic mass is 16.6. The van der Waals surface area contributed by atoms with Crippen LogP contribution in [0.1, 0.15) is 52.0 Å². The number of carbonyl (C=O) groups is 1. The second-order valence-electron chi connectivity index (χ2n) is 7.38. The number of fused-ring (bicyclic) bond motifs is 1. The normalized spacial score (nSPS) is 27.4. The first-order valence-electron chi connectivity index (χ1n) is 9.14. The summed E-state index contributed by atoms with van der Waals surface area (Å²) in [5, 5.41) is 15.4. The van der Waals surface area contributed by atoms with Crippen LogP contribution in [0.2, 0.25) is 0 Å². The SMILES string of the molecule is CCOc1ccc(/C(C)=N\NC(=O)[C@@H]2[C@@H]3CCCC[C@]23C)cc1[N+](=O)[O-]. The summed E-state index contributed by atoms with van der Waals surface area (Å²) in [4.78, 5) is 23.2. The van der Waals surface area contributed by atoms with Gasteiger partial charge in [0.25, 0.3) is 0 Å². The fourth-order valence-electron chi connectivity index (χ4n) is 4.29. The lowest BCUT2D eigenvalue weighted by atomic mass is 9.90. The second kappa shape index (κ2) is 7.05. The summed E-state index contributed by atoms with van der Waals surface area (Å²) < 4.78 is 5.28. The first-order chi connectivity index (χ1) is 12.4. The standard InChI is InChI=1S/C19H25N3O4/c1-4-26-16-9-8-13(11-15(16)22(24)25)12(2)20-21-18(23)17-14-7-5-6-10-19(14,17)3/h8-9,11,14,17H,4-7,10H2,1-3H3,(H,21,23)/b20-12-/t14-,17-,19-/m0/s1. The van der Waals surface area contributed by atoms with E-state index in [0.29, 0.717) is 23.8 Å². The summed E-state index contributed by atoms with van der Waals surface area (Å²) in [7, 11) is 0. The quantitative estimate of drug-likeness (QED) is 0.476. The van der Waals surface area contributed by atoms with Crippen LogP contribution in [0.25, 0.3) is 0 Å². The summed E-state index contributed by atoms with van der Waals surface area (Å²) in [5.41, 5.74) is 3.79. The van der Waals surface area contributed by atoms with Crippen LogP contribution in [0.15, 0.2) is 23.3 Å². The minimum Gasteiger partial charge on any atom is -0.487 e. The van der Waals surface area contributed by atoms with Gasteiger partial charge in [0.2, 0.25) is 5.91 Å². The third kappa shape index (κ3) is 3.30. The van der Waals surface area contributed by atoms with Crippen molar-refractivity contribution in [1.82, 2.24) is 5.43 Å². The maximum absolute atomic E-state index is 12.5. The molecule has 1 aromatic rings. The van der Waals surface area contributed by atoms with Gasteiger partial charge in [0, 0.05) is 17.5 Å². The van der Waals surface area contributed by atoms with Crippen LogP contribution in [-0.4, -0.2) is 23.1 Å². The first-order valence-corrected chi connectivity index (χ1v) is 9.14. The molecule has 3 rings (SSSR count). The number of amides is 1. The topological polar surface area (TPSA) is 93.8 Å². The Balaban J connectivity index is 1.71. The summed E-state index contributed by atoms with van der Waals surface area (Å²) >= 11 is 0. The minimum atomic E-state index is -0.476. The molecule has 0 bridgehead atoms. The lowest BCUT2D eigenvalue weighted by molar-refractivity contribution is -0.385. The van der Waals surface area contributed by atoms with Crippen molar-refractivity contribution in [2.45, 2.75) is 46.5 Å². The zero-order valence-electron chi connectivity index (χ0n) is 15.4. The number of nitrogens with one attached hydrogen (secondary N) is 1. The molecule has 7 heteroatoms. The Hall–Kier alpha value is -2.44. The van der Waals surface area contributed by atoms with Crippen molar-refractivity contribution < 1.29 is 14.5 Å². The fourth-order valence-corrected chi connectivity index (χ4v) is 4.29. The Morgan fingerprint density at radius 2 is 2.23 bits per heavy atom. The van der Waals surface area contributed by atoms with E-state index in [1.165, 1.54) is 18.9 Å². The molecule has 0 unspecified atom stereocenters. The van der Waals surface area contributed by atoms with Crippen LogP contribution in [0.5, 0.6) is 5.75 Å². The Kier molecular flexibility index (Phi) is 4.98. The van der Waals surface area contributed by atoms with Crippen molar-refractivity contribution in [2.75, 3.05) is 6.61 Å². The van der Waals surface area contributed by atoms with Crippen molar-refractivity contribution >= 4 is 17.3 Å². The largest absolute Gasteiger partial charge is 0.487 e. The van der Waals surface area contributed by atoms with Crippen LogP contribution in [0.4, 0.5) is 5.69 Å². The number of carbonyl (C=O) groups excluding carboxylic acids is 1. The number of rotatable bonds is 6. The summed E-state index contributed by atoms with van der Waals surface area (Å²) in [6, 6.07) is 4.70. The number of ether oxygens (including phenoxy) is 1. The van der Waals surface area contributed by atoms with Crippen LogP contribution >= 0.6 is 0 Å². The maximum Gasteiger partial charge on any atom is 0.311 e. The van der Waals surface area contributed by atoms with Gasteiger partial charge >= 0.3 is 5.69 Å². The number of hydrogen-bond acceptors (Lipinski definition) is 5. The molecule has 2 aliphatic rings. The van der Waals surface area contributed by atoms with E-state index in [0.717, 1.165) is 12.8 Å². The highest BCUT2D eigenvalue weighted by Gasteiger charge is 2.64. The smallest absolute Gasteiger partial charge is 0.311 e. The van der Waals surface area contributed by atoms with Crippen molar-refractivity contribution in [3.8, 4) is 5.75 Å². The van der Waals surface area contributed by atoms with Crippen molar-refractivity contribution in [1.29, 1.82) is 0 Å². The van der Waals surface area contributed by atoms with E-state index >= 15 is 0 Å². The monoisotopic (exact) mass is 359 g/mol. The lowest BCUT2D eigenvalue weighted by Crippen LogP contribution is -2.23. The summed E-state index contributed by atoms with van der Waals surface area (Å²) in [6.45, 7) is 6.04. The van der Waals surface area contributed by atoms with Gasteiger partial charge in [0.1, 0.15) is 0 Å². The van der Waals surface area contributed by atoms with Gasteiger partial charge in [0.05, 0.1) is 17.2 Å². The van der Waals surface area contributed by atoms with E-state index in [1.54, 1.807) is 26.0 Å². The van der Waals surface area contributed by atoms with Gasteiger partial charge in [-0.1, -0.05) is 19.8 Å². The number of nitro groups is 1. The van der Waals surface area contributed by atoms with E-state index in [2.05, 4.69) is 17.5 Å². The number of nitrogens with zero attached hydrogens (tertiary/aromatic N) is 2. The third-order valence-electron chi connectivity index (χ3n) is 5.82. The van der Waals surface area contributed by atoms with Gasteiger partial charge < -0.3 is 4.74 Å². The minimum absolute atomic E-state index is 0.0382. The summed E-state index contributed by atoms with van der Waals surface area (Å²) in [5.74, 6) is 0.696. The van der Waals surface area contributed by atoms with Gasteiger partial charge in [0.15, 0.2) is 5.75 Å². The van der Waals surface area contributed by atoms with Gasteiger partial charge in [-0.3, -0.25) is 14.9 Å². The molecule has 1 aromatic carbocycles. The molecular formula is C19H25N3O4. The third-order valence-corrected chi connectivity index (χ3v) is 5.82. The molecule has 0 radical (unpaired) electrons. The molecule has 26 heavy (non-hydrogen) atoms. The molecule has 0 saturated heterocycles. The molecule has 7 nitrogen and oxygen atoms in total. The molecule has 1 N–H and O–H groups in total. The van der Waals surface area contributed by atoms with Gasteiger partial charge in [-0.05, 0) is 50.2 Å². The van der Waals surface area contributed by atoms with Crippen LogP contribution in [0, 0.1) is 27.4 Å². The van der Waals surface area contributed by atoms with E-state index in [-0.39, 0.29) is 28.7 Å². The van der Waals surface area contributed by atoms with Gasteiger partial charge in [-0.15, -0.1) is 0 Å². The maximum atomic E-state index is 12.5. The molecule has 2 fully saturated rings. The first kappa shape index (κ1) is 18.4. The van der Waals surface area contributed by atoms with Crippen LogP contribution < -0.4 is 10.2 Å². The van der Waals surface area contributed by atoms with Crippen molar-refractivity contribution in [3.05, 3.63) is 33.9 Å². The second-order valence-corrected chi connectivity index (χ2v) is 7.38. The Bertz CT molecular complexity index is 761. The average molecular weight is 359 g/mol. The molecule has 0 aliphatic heterocycles. The van der Waals surface area contributed by atoms with Crippen molar-refractivity contribution in [3.63, 3.8) is 0 Å². The number of nitro benzene ring substituents is 1. The van der Waals surface area contributed by atoms with E-state index in [9.17, 15) is 14.9 Å². The molecule has 140 valence electrons. The highest BCUT2D eigenvalue weighted by Crippen LogP contribution is 2.66. The number of benzene rings is 1. The zero-order valence-corrected chi connectivity index (χ0v) is 15.4. The fraction of sp³-hybridized carbons (Fsp3) is 0.579. The Morgan fingerprint density at radius 1 is 1.46 bits per heavy atom. The van der Waals surface area contributed by atoms with Crippen molar-refractivity contribution in [2.24, 2.45) is 22.4 Å². The van der Waals surface area contributed by atoms with Gasteiger partial charge in [-0.2, -0.15) is 5.10 Å². The molecule has 2 aliphatic carbocycles. The highest BCUT2D eigenvalue weighted by molar-refractivity contribution is 6.00. The van der Waals surface area contributed by atoms with Gasteiger partial charge in [-0.25, -0.2) is 5.43 Å². The molecule has 0 heterocycles. The Morgan fingerprint density at radius 3 is 2.85 bits per heavy atom. The zero-order chi connectivity index (χ0) is 18.9. The van der Waals surface area contributed by atoms with Crippen LogP contribution in [0.3, 0.4) is 0 Å². The van der Waals surface area contributed by atoms with Crippen LogP contribution in [-0.2, 0) is 4.79 Å². The summed E-state index contributed by atoms with van der Waals surface area (Å²) in [6.07, 6.45) is 4.60. The number of hydrogen-bond donors (Lipinski definition) is 1. The Labute approximate surface area is 153 Å². The van der Waals surface area contributed by atoms with E-state index < -0.39 is 4.92 Å². The molecule has 2 saturated carbocycles. The lowest BCUT2D eigenvalue weighted by Gasteiger charge is -2.15. The number of hydrazone groups is 1. The van der Waals surface area contributed by atoms with E-state index in [4.69, 9.17) is 4.74 Å². The predicted octanol–water partition coefficient (Wildman–Crippen LogP) is 3.66. The molecule has 0 spiro atoms. The predicted molar refractivity (Wildman–Crippen MR) is 98.2 cm³/mol. The average Bonchev–Trinajstić information content (AvgIpc) is 3.25.